The summed E-state index contributed by atoms with van der Waals surface area (Å²) < 4.78 is 0. The fourth-order valence-corrected chi connectivity index (χ4v) is 5.20. The lowest BCUT2D eigenvalue weighted by Crippen LogP contribution is -2.45. The molecule has 6 nitrogen and oxygen atoms in total. The Bertz CT molecular complexity index is 844. The summed E-state index contributed by atoms with van der Waals surface area (Å²) in [6, 6.07) is 5.36. The Kier molecular flexibility index (Phi) is 6.75. The van der Waals surface area contributed by atoms with Crippen LogP contribution in [-0.2, 0) is 4.79 Å². The molecule has 0 aromatic heterocycles. The maximum absolute atomic E-state index is 12.8. The van der Waals surface area contributed by atoms with Crippen LogP contribution in [0.3, 0.4) is 0 Å². The molecule has 1 atom stereocenters. The van der Waals surface area contributed by atoms with Crippen LogP contribution in [0.2, 0.25) is 0 Å². The van der Waals surface area contributed by atoms with Gasteiger partial charge in [0.05, 0.1) is 11.1 Å². The van der Waals surface area contributed by atoms with Gasteiger partial charge in [-0.3, -0.25) is 19.3 Å². The minimum atomic E-state index is -0.235. The summed E-state index contributed by atoms with van der Waals surface area (Å²) in [4.78, 5) is 43.8. The molecule has 0 aliphatic carbocycles. The third-order valence-corrected chi connectivity index (χ3v) is 7.16. The molecule has 0 N–H and O–H groups in total. The molecule has 3 amide bonds. The Balaban J connectivity index is 1.23. The van der Waals surface area contributed by atoms with Crippen LogP contribution >= 0.6 is 0 Å². The highest BCUT2D eigenvalue weighted by atomic mass is 16.2. The molecule has 0 saturated carbocycles. The second-order valence-corrected chi connectivity index (χ2v) is 9.75. The van der Waals surface area contributed by atoms with E-state index >= 15 is 0 Å². The van der Waals surface area contributed by atoms with Gasteiger partial charge >= 0.3 is 0 Å². The molecule has 2 fully saturated rings. The van der Waals surface area contributed by atoms with Gasteiger partial charge in [0.25, 0.3) is 11.8 Å². The largest absolute Gasteiger partial charge is 0.342 e. The van der Waals surface area contributed by atoms with E-state index in [1.54, 1.807) is 12.1 Å². The van der Waals surface area contributed by atoms with Crippen molar-refractivity contribution in [3.05, 3.63) is 34.9 Å². The van der Waals surface area contributed by atoms with Gasteiger partial charge in [0.15, 0.2) is 0 Å². The number of rotatable bonds is 6. The highest BCUT2D eigenvalue weighted by molar-refractivity contribution is 6.21. The average molecular weight is 426 g/mol. The second kappa shape index (κ2) is 9.51. The van der Waals surface area contributed by atoms with E-state index in [4.69, 9.17) is 0 Å². The summed E-state index contributed by atoms with van der Waals surface area (Å²) in [5, 5.41) is 0. The van der Waals surface area contributed by atoms with Gasteiger partial charge in [0, 0.05) is 32.6 Å². The van der Waals surface area contributed by atoms with Crippen molar-refractivity contribution in [3.8, 4) is 0 Å². The van der Waals surface area contributed by atoms with Gasteiger partial charge in [-0.15, -0.1) is 0 Å². The standard InChI is InChI=1S/C25H35N3O3/c1-18-9-13-26(14-10-18)16-20-5-3-11-27(17-20)23(29)6-4-12-28-24(30)21-8-7-19(2)15-22(21)25(28)31/h7-8,15,18,20H,3-6,9-14,16-17H2,1-2H3. The number of carbonyl (C=O) groups excluding carboxylic acids is 3. The number of piperidine rings is 2. The zero-order chi connectivity index (χ0) is 22.0. The fourth-order valence-electron chi connectivity index (χ4n) is 5.20. The quantitative estimate of drug-likeness (QED) is 0.656. The van der Waals surface area contributed by atoms with Gasteiger partial charge in [-0.1, -0.05) is 18.6 Å². The zero-order valence-electron chi connectivity index (χ0n) is 18.9. The number of fused-ring (bicyclic) bond motifs is 1. The molecule has 0 radical (unpaired) electrons. The number of carbonyl (C=O) groups is 3. The Morgan fingerprint density at radius 1 is 1.03 bits per heavy atom. The number of benzene rings is 1. The first-order valence-corrected chi connectivity index (χ1v) is 11.9. The third-order valence-electron chi connectivity index (χ3n) is 7.16. The van der Waals surface area contributed by atoms with Crippen molar-refractivity contribution >= 4 is 17.7 Å². The SMILES string of the molecule is Cc1ccc2c(c1)C(=O)N(CCCC(=O)N1CCCC(CN3CCC(C)CC3)C1)C2=O. The van der Waals surface area contributed by atoms with Crippen molar-refractivity contribution in [1.82, 2.24) is 14.7 Å². The molecular weight excluding hydrogens is 390 g/mol. The van der Waals surface area contributed by atoms with E-state index in [-0.39, 0.29) is 17.7 Å². The maximum Gasteiger partial charge on any atom is 0.261 e. The molecule has 4 rings (SSSR count). The van der Waals surface area contributed by atoms with Crippen LogP contribution in [0.15, 0.2) is 18.2 Å². The predicted octanol–water partition coefficient (Wildman–Crippen LogP) is 3.34. The summed E-state index contributed by atoms with van der Waals surface area (Å²) in [6.45, 7) is 9.70. The van der Waals surface area contributed by atoms with Crippen LogP contribution in [0, 0.1) is 18.8 Å². The molecule has 0 spiro atoms. The lowest BCUT2D eigenvalue weighted by Gasteiger charge is -2.38. The van der Waals surface area contributed by atoms with E-state index in [1.807, 2.05) is 17.9 Å². The summed E-state index contributed by atoms with van der Waals surface area (Å²) in [7, 11) is 0. The van der Waals surface area contributed by atoms with Crippen molar-refractivity contribution in [1.29, 1.82) is 0 Å². The summed E-state index contributed by atoms with van der Waals surface area (Å²) in [5.41, 5.74) is 1.94. The second-order valence-electron chi connectivity index (χ2n) is 9.75. The van der Waals surface area contributed by atoms with Crippen LogP contribution in [0.1, 0.15) is 71.7 Å². The number of imide groups is 1. The maximum atomic E-state index is 12.8. The van der Waals surface area contributed by atoms with E-state index in [0.29, 0.717) is 36.4 Å². The Hall–Kier alpha value is -2.21. The number of aryl methyl sites for hydroxylation is 1. The van der Waals surface area contributed by atoms with Crippen molar-refractivity contribution in [2.45, 2.75) is 52.4 Å². The van der Waals surface area contributed by atoms with Crippen molar-refractivity contribution in [2.24, 2.45) is 11.8 Å². The first-order valence-electron chi connectivity index (χ1n) is 11.9. The van der Waals surface area contributed by atoms with E-state index < -0.39 is 0 Å². The highest BCUT2D eigenvalue weighted by Gasteiger charge is 2.35. The molecule has 6 heteroatoms. The van der Waals surface area contributed by atoms with Gasteiger partial charge in [0.1, 0.15) is 0 Å². The monoisotopic (exact) mass is 425 g/mol. The van der Waals surface area contributed by atoms with Gasteiger partial charge < -0.3 is 9.80 Å². The molecular formula is C25H35N3O3. The molecule has 3 aliphatic rings. The lowest BCUT2D eigenvalue weighted by molar-refractivity contribution is -0.133. The predicted molar refractivity (Wildman–Crippen MR) is 120 cm³/mol. The Morgan fingerprint density at radius 3 is 2.55 bits per heavy atom. The van der Waals surface area contributed by atoms with Crippen LogP contribution in [-0.4, -0.2) is 71.7 Å². The number of hydrogen-bond acceptors (Lipinski definition) is 4. The first-order chi connectivity index (χ1) is 14.9. The van der Waals surface area contributed by atoms with Crippen LogP contribution in [0.5, 0.6) is 0 Å². The number of likely N-dealkylation sites (tertiary alicyclic amines) is 2. The van der Waals surface area contributed by atoms with Gasteiger partial charge in [-0.05, 0) is 76.1 Å². The van der Waals surface area contributed by atoms with Crippen molar-refractivity contribution < 1.29 is 14.4 Å². The zero-order valence-corrected chi connectivity index (χ0v) is 18.9. The number of nitrogens with zero attached hydrogens (tertiary/aromatic N) is 3. The Labute approximate surface area is 185 Å². The molecule has 3 aliphatic heterocycles. The number of amides is 3. The van der Waals surface area contributed by atoms with E-state index in [2.05, 4.69) is 11.8 Å². The molecule has 1 aromatic carbocycles. The summed E-state index contributed by atoms with van der Waals surface area (Å²) in [5.74, 6) is 1.09. The molecule has 0 bridgehead atoms. The average Bonchev–Trinajstić information content (AvgIpc) is 2.99. The van der Waals surface area contributed by atoms with Gasteiger partial charge in [0.2, 0.25) is 5.91 Å². The van der Waals surface area contributed by atoms with Crippen molar-refractivity contribution in [3.63, 3.8) is 0 Å². The summed E-state index contributed by atoms with van der Waals surface area (Å²) in [6.07, 6.45) is 5.75. The highest BCUT2D eigenvalue weighted by Crippen LogP contribution is 2.25. The first kappa shape index (κ1) is 22.0. The number of hydrogen-bond donors (Lipinski definition) is 0. The molecule has 31 heavy (non-hydrogen) atoms. The lowest BCUT2D eigenvalue weighted by atomic mass is 9.94. The minimum absolute atomic E-state index is 0.157. The molecule has 1 unspecified atom stereocenters. The minimum Gasteiger partial charge on any atom is -0.342 e. The van der Waals surface area contributed by atoms with Gasteiger partial charge in [-0.2, -0.15) is 0 Å². The fraction of sp³-hybridized carbons (Fsp3) is 0.640. The third kappa shape index (κ3) is 5.00. The Morgan fingerprint density at radius 2 is 1.77 bits per heavy atom. The molecule has 168 valence electrons. The summed E-state index contributed by atoms with van der Waals surface area (Å²) >= 11 is 0. The van der Waals surface area contributed by atoms with Crippen LogP contribution in [0.25, 0.3) is 0 Å². The van der Waals surface area contributed by atoms with Crippen LogP contribution in [0.4, 0.5) is 0 Å². The van der Waals surface area contributed by atoms with E-state index in [1.165, 1.54) is 37.3 Å². The molecule has 1 aromatic rings. The van der Waals surface area contributed by atoms with Gasteiger partial charge in [-0.25, -0.2) is 0 Å². The molecule has 2 saturated heterocycles. The smallest absolute Gasteiger partial charge is 0.261 e. The normalized spacial score (nSPS) is 22.8. The van der Waals surface area contributed by atoms with Crippen LogP contribution < -0.4 is 0 Å². The molecule has 3 heterocycles. The topological polar surface area (TPSA) is 60.9 Å². The van der Waals surface area contributed by atoms with E-state index in [9.17, 15) is 14.4 Å². The van der Waals surface area contributed by atoms with E-state index in [0.717, 1.165) is 37.5 Å². The van der Waals surface area contributed by atoms with Crippen molar-refractivity contribution in [2.75, 3.05) is 39.3 Å².